The smallest absolute Gasteiger partial charge is 0.0579 e. The maximum atomic E-state index is 3.42. The van der Waals surface area contributed by atoms with E-state index >= 15 is 0 Å². The van der Waals surface area contributed by atoms with Gasteiger partial charge in [0.2, 0.25) is 0 Å². The highest BCUT2D eigenvalue weighted by Gasteiger charge is 2.00. The zero-order chi connectivity index (χ0) is 11.5. The molecule has 2 aromatic heterocycles. The van der Waals surface area contributed by atoms with Crippen LogP contribution in [-0.4, -0.2) is 9.24 Å². The van der Waals surface area contributed by atoms with Crippen LogP contribution in [0.15, 0.2) is 30.6 Å². The summed E-state index contributed by atoms with van der Waals surface area (Å²) in [5, 5.41) is 0. The Morgan fingerprint density at radius 1 is 1.12 bits per heavy atom. The van der Waals surface area contributed by atoms with Crippen LogP contribution in [0.3, 0.4) is 0 Å². The molecule has 3 nitrogen and oxygen atoms in total. The fourth-order valence-electron chi connectivity index (χ4n) is 1.88. The Labute approximate surface area is 96.7 Å². The summed E-state index contributed by atoms with van der Waals surface area (Å²) in [5.41, 5.74) is 7.22. The standard InChI is InChI=1S/C13H19N3/c1-4-15-8-7-13(10-15)9-14-16-11(2)5-6-12(16)3/h5-8,10,14H,4,9H2,1-3H3. The van der Waals surface area contributed by atoms with Crippen LogP contribution in [0.2, 0.25) is 0 Å². The predicted octanol–water partition coefficient (Wildman–Crippen LogP) is 2.67. The summed E-state index contributed by atoms with van der Waals surface area (Å²) in [6, 6.07) is 6.41. The molecule has 0 unspecified atom stereocenters. The fourth-order valence-corrected chi connectivity index (χ4v) is 1.88. The van der Waals surface area contributed by atoms with Gasteiger partial charge in [-0.3, -0.25) is 4.68 Å². The molecule has 0 spiro atoms. The molecular formula is C13H19N3. The highest BCUT2D eigenvalue weighted by atomic mass is 15.4. The van der Waals surface area contributed by atoms with Crippen LogP contribution in [0, 0.1) is 13.8 Å². The highest BCUT2D eigenvalue weighted by molar-refractivity contribution is 5.17. The Kier molecular flexibility index (Phi) is 3.04. The van der Waals surface area contributed by atoms with Gasteiger partial charge in [-0.05, 0) is 44.5 Å². The number of hydrogen-bond acceptors (Lipinski definition) is 1. The minimum atomic E-state index is 0.864. The van der Waals surface area contributed by atoms with Gasteiger partial charge in [0.1, 0.15) is 0 Å². The Morgan fingerprint density at radius 3 is 2.38 bits per heavy atom. The molecule has 0 fully saturated rings. The van der Waals surface area contributed by atoms with Gasteiger partial charge in [-0.15, -0.1) is 0 Å². The van der Waals surface area contributed by atoms with Crippen molar-refractivity contribution >= 4 is 0 Å². The third kappa shape index (κ3) is 2.13. The van der Waals surface area contributed by atoms with Gasteiger partial charge in [0.25, 0.3) is 0 Å². The lowest BCUT2D eigenvalue weighted by Crippen LogP contribution is -2.16. The molecule has 0 aliphatic carbocycles. The number of rotatable bonds is 4. The van der Waals surface area contributed by atoms with Crippen molar-refractivity contribution in [2.24, 2.45) is 0 Å². The molecule has 0 aromatic carbocycles. The van der Waals surface area contributed by atoms with E-state index in [-0.39, 0.29) is 0 Å². The summed E-state index contributed by atoms with van der Waals surface area (Å²) in [6.07, 6.45) is 4.30. The first-order chi connectivity index (χ1) is 7.70. The highest BCUT2D eigenvalue weighted by Crippen LogP contribution is 2.06. The summed E-state index contributed by atoms with van der Waals surface area (Å²) in [4.78, 5) is 0. The second kappa shape index (κ2) is 4.47. The van der Waals surface area contributed by atoms with Gasteiger partial charge in [0, 0.05) is 30.3 Å². The summed E-state index contributed by atoms with van der Waals surface area (Å²) < 4.78 is 4.32. The van der Waals surface area contributed by atoms with Gasteiger partial charge in [0.15, 0.2) is 0 Å². The second-order valence-electron chi connectivity index (χ2n) is 4.14. The SMILES string of the molecule is CCn1ccc(CNn2c(C)ccc2C)c1. The van der Waals surface area contributed by atoms with E-state index in [2.05, 4.69) is 66.0 Å². The van der Waals surface area contributed by atoms with Crippen molar-refractivity contribution in [2.45, 2.75) is 33.9 Å². The van der Waals surface area contributed by atoms with Crippen LogP contribution in [0.4, 0.5) is 0 Å². The van der Waals surface area contributed by atoms with Gasteiger partial charge in [0.05, 0.1) is 6.54 Å². The van der Waals surface area contributed by atoms with Crippen molar-refractivity contribution in [3.05, 3.63) is 47.5 Å². The molecule has 16 heavy (non-hydrogen) atoms. The first kappa shape index (κ1) is 10.9. The molecule has 2 heterocycles. The van der Waals surface area contributed by atoms with E-state index in [9.17, 15) is 0 Å². The predicted molar refractivity (Wildman–Crippen MR) is 67.1 cm³/mol. The molecule has 0 aliphatic heterocycles. The molecule has 0 saturated heterocycles. The molecule has 1 N–H and O–H groups in total. The van der Waals surface area contributed by atoms with E-state index in [1.165, 1.54) is 17.0 Å². The lowest BCUT2D eigenvalue weighted by Gasteiger charge is -2.11. The third-order valence-electron chi connectivity index (χ3n) is 2.89. The molecule has 0 aliphatic rings. The Balaban J connectivity index is 2.02. The van der Waals surface area contributed by atoms with E-state index < -0.39 is 0 Å². The maximum Gasteiger partial charge on any atom is 0.0579 e. The van der Waals surface area contributed by atoms with Crippen molar-refractivity contribution < 1.29 is 0 Å². The van der Waals surface area contributed by atoms with Crippen molar-refractivity contribution in [1.82, 2.24) is 9.24 Å². The average molecular weight is 217 g/mol. The van der Waals surface area contributed by atoms with Crippen molar-refractivity contribution in [1.29, 1.82) is 0 Å². The van der Waals surface area contributed by atoms with Gasteiger partial charge < -0.3 is 9.99 Å². The first-order valence-electron chi connectivity index (χ1n) is 5.74. The molecular weight excluding hydrogens is 198 g/mol. The van der Waals surface area contributed by atoms with E-state index in [0.717, 1.165) is 13.1 Å². The van der Waals surface area contributed by atoms with Gasteiger partial charge in [-0.2, -0.15) is 0 Å². The normalized spacial score (nSPS) is 10.7. The van der Waals surface area contributed by atoms with Crippen LogP contribution in [0.25, 0.3) is 0 Å². The quantitative estimate of drug-likeness (QED) is 0.835. The summed E-state index contributed by atoms with van der Waals surface area (Å²) >= 11 is 0. The number of nitrogens with zero attached hydrogens (tertiary/aromatic N) is 2. The molecule has 2 aromatic rings. The molecule has 0 saturated carbocycles. The number of aromatic nitrogens is 2. The van der Waals surface area contributed by atoms with E-state index in [0.29, 0.717) is 0 Å². The Hall–Kier alpha value is -1.64. The summed E-state index contributed by atoms with van der Waals surface area (Å²) in [5.74, 6) is 0. The minimum Gasteiger partial charge on any atom is -0.354 e. The molecule has 0 amide bonds. The van der Waals surface area contributed by atoms with Crippen molar-refractivity contribution in [2.75, 3.05) is 5.43 Å². The second-order valence-corrected chi connectivity index (χ2v) is 4.14. The zero-order valence-corrected chi connectivity index (χ0v) is 10.2. The zero-order valence-electron chi connectivity index (χ0n) is 10.2. The van der Waals surface area contributed by atoms with Gasteiger partial charge in [-0.1, -0.05) is 0 Å². The van der Waals surface area contributed by atoms with Crippen molar-refractivity contribution in [3.8, 4) is 0 Å². The maximum absolute atomic E-state index is 3.42. The molecule has 0 radical (unpaired) electrons. The molecule has 0 bridgehead atoms. The minimum absolute atomic E-state index is 0.864. The summed E-state index contributed by atoms with van der Waals surface area (Å²) in [6.45, 7) is 8.26. The number of hydrogen-bond donors (Lipinski definition) is 1. The number of aryl methyl sites for hydroxylation is 3. The van der Waals surface area contributed by atoms with Crippen LogP contribution in [-0.2, 0) is 13.1 Å². The summed E-state index contributed by atoms with van der Waals surface area (Å²) in [7, 11) is 0. The van der Waals surface area contributed by atoms with E-state index in [1.54, 1.807) is 0 Å². The van der Waals surface area contributed by atoms with Gasteiger partial charge >= 0.3 is 0 Å². The first-order valence-corrected chi connectivity index (χ1v) is 5.74. The molecule has 3 heteroatoms. The number of nitrogens with one attached hydrogen (secondary N) is 1. The Bertz CT molecular complexity index is 446. The lowest BCUT2D eigenvalue weighted by atomic mass is 10.3. The molecule has 2 rings (SSSR count). The third-order valence-corrected chi connectivity index (χ3v) is 2.89. The van der Waals surface area contributed by atoms with Crippen LogP contribution in [0.1, 0.15) is 23.9 Å². The van der Waals surface area contributed by atoms with Crippen LogP contribution >= 0.6 is 0 Å². The topological polar surface area (TPSA) is 21.9 Å². The van der Waals surface area contributed by atoms with Crippen molar-refractivity contribution in [3.63, 3.8) is 0 Å². The van der Waals surface area contributed by atoms with Crippen LogP contribution < -0.4 is 5.43 Å². The fraction of sp³-hybridized carbons (Fsp3) is 0.385. The average Bonchev–Trinajstić information content (AvgIpc) is 2.85. The molecule has 86 valence electrons. The van der Waals surface area contributed by atoms with E-state index in [1.807, 2.05) is 0 Å². The molecule has 0 atom stereocenters. The monoisotopic (exact) mass is 217 g/mol. The lowest BCUT2D eigenvalue weighted by molar-refractivity contribution is 0.758. The Morgan fingerprint density at radius 2 is 1.81 bits per heavy atom. The largest absolute Gasteiger partial charge is 0.354 e. The van der Waals surface area contributed by atoms with Gasteiger partial charge in [-0.25, -0.2) is 0 Å². The van der Waals surface area contributed by atoms with E-state index in [4.69, 9.17) is 0 Å². The van der Waals surface area contributed by atoms with Crippen LogP contribution in [0.5, 0.6) is 0 Å².